The van der Waals surface area contributed by atoms with Crippen molar-refractivity contribution in [3.8, 4) is 0 Å². The van der Waals surface area contributed by atoms with Crippen LogP contribution in [0.2, 0.25) is 5.02 Å². The second kappa shape index (κ2) is 14.9. The summed E-state index contributed by atoms with van der Waals surface area (Å²) in [7, 11) is 0. The molecule has 0 aliphatic heterocycles. The third-order valence-corrected chi connectivity index (χ3v) is 6.93. The van der Waals surface area contributed by atoms with Crippen molar-refractivity contribution in [3.05, 3.63) is 88.7 Å². The molecule has 1 atom stereocenters. The van der Waals surface area contributed by atoms with Gasteiger partial charge in [-0.1, -0.05) is 60.5 Å². The zero-order chi connectivity index (χ0) is 24.0. The molecule has 1 saturated carbocycles. The van der Waals surface area contributed by atoms with Gasteiger partial charge in [-0.3, -0.25) is 4.79 Å². The number of hydrogen-bond acceptors (Lipinski definition) is 5. The lowest BCUT2D eigenvalue weighted by Gasteiger charge is -2.21. The van der Waals surface area contributed by atoms with Gasteiger partial charge in [0.25, 0.3) is 0 Å². The molecule has 2 aromatic rings. The van der Waals surface area contributed by atoms with Gasteiger partial charge in [-0.2, -0.15) is 0 Å². The number of benzene rings is 1. The van der Waals surface area contributed by atoms with Gasteiger partial charge in [-0.15, -0.1) is 0 Å². The summed E-state index contributed by atoms with van der Waals surface area (Å²) in [5, 5.41) is 4.10. The molecule has 1 unspecified atom stereocenters. The van der Waals surface area contributed by atoms with Gasteiger partial charge in [0.05, 0.1) is 6.26 Å². The van der Waals surface area contributed by atoms with Gasteiger partial charge >= 0.3 is 5.97 Å². The first-order chi connectivity index (χ1) is 16.6. The highest BCUT2D eigenvalue weighted by molar-refractivity contribution is 8.03. The number of furan rings is 1. The Morgan fingerprint density at radius 2 is 1.94 bits per heavy atom. The van der Waals surface area contributed by atoms with E-state index in [2.05, 4.69) is 17.5 Å². The molecule has 0 spiro atoms. The van der Waals surface area contributed by atoms with Crippen LogP contribution in [0.25, 0.3) is 0 Å². The van der Waals surface area contributed by atoms with E-state index in [-0.39, 0.29) is 12.1 Å². The van der Waals surface area contributed by atoms with Crippen LogP contribution in [0.3, 0.4) is 0 Å². The Morgan fingerprint density at radius 3 is 2.62 bits per heavy atom. The molecule has 6 heteroatoms. The molecule has 1 N–H and O–H groups in total. The van der Waals surface area contributed by atoms with Crippen molar-refractivity contribution >= 4 is 29.3 Å². The molecular weight excluding hydrogens is 466 g/mol. The SMILES string of the molecule is C\C=C/C=C\C(=C\CNC(Cc1ccco1)C(=O)OC1CCCCCC1)Sc1ccc(Cl)cc1. The summed E-state index contributed by atoms with van der Waals surface area (Å²) in [6, 6.07) is 11.0. The van der Waals surface area contributed by atoms with Crippen LogP contribution in [-0.2, 0) is 16.0 Å². The predicted octanol–water partition coefficient (Wildman–Crippen LogP) is 7.51. The van der Waals surface area contributed by atoms with E-state index < -0.39 is 6.04 Å². The van der Waals surface area contributed by atoms with Crippen molar-refractivity contribution in [2.24, 2.45) is 0 Å². The molecule has 0 amide bonds. The van der Waals surface area contributed by atoms with Crippen molar-refractivity contribution in [1.82, 2.24) is 5.32 Å². The number of thioether (sulfide) groups is 1. The van der Waals surface area contributed by atoms with Crippen LogP contribution >= 0.6 is 23.4 Å². The Bertz CT molecular complexity index is 943. The zero-order valence-electron chi connectivity index (χ0n) is 19.8. The number of carbonyl (C=O) groups is 1. The van der Waals surface area contributed by atoms with Crippen LogP contribution in [0.5, 0.6) is 0 Å². The minimum absolute atomic E-state index is 0.0197. The van der Waals surface area contributed by atoms with E-state index in [4.69, 9.17) is 20.8 Å². The molecule has 0 bridgehead atoms. The Kier molecular flexibility index (Phi) is 11.6. The van der Waals surface area contributed by atoms with Gasteiger partial charge in [0.15, 0.2) is 0 Å². The summed E-state index contributed by atoms with van der Waals surface area (Å²) in [5.74, 6) is 0.566. The van der Waals surface area contributed by atoms with Gasteiger partial charge in [0.2, 0.25) is 0 Å². The average molecular weight is 500 g/mol. The number of allylic oxidation sites excluding steroid dienone is 4. The fraction of sp³-hybridized carbons (Fsp3) is 0.393. The van der Waals surface area contributed by atoms with Crippen LogP contribution < -0.4 is 5.32 Å². The van der Waals surface area contributed by atoms with Crippen LogP contribution in [0, 0.1) is 0 Å². The predicted molar refractivity (Wildman–Crippen MR) is 141 cm³/mol. The fourth-order valence-electron chi connectivity index (χ4n) is 3.82. The second-order valence-corrected chi connectivity index (χ2v) is 9.93. The highest BCUT2D eigenvalue weighted by atomic mass is 35.5. The lowest BCUT2D eigenvalue weighted by Crippen LogP contribution is -2.41. The molecule has 1 aromatic heterocycles. The number of halogens is 1. The topological polar surface area (TPSA) is 51.5 Å². The lowest BCUT2D eigenvalue weighted by molar-refractivity contribution is -0.152. The summed E-state index contributed by atoms with van der Waals surface area (Å²) < 4.78 is 11.4. The number of hydrogen-bond donors (Lipinski definition) is 1. The van der Waals surface area contributed by atoms with E-state index in [1.807, 2.05) is 61.5 Å². The third-order valence-electron chi connectivity index (χ3n) is 5.64. The first-order valence-electron chi connectivity index (χ1n) is 12.0. The van der Waals surface area contributed by atoms with E-state index in [0.29, 0.717) is 18.0 Å². The molecule has 182 valence electrons. The number of esters is 1. The number of nitrogens with one attached hydrogen (secondary N) is 1. The van der Waals surface area contributed by atoms with Gasteiger partial charge in [0, 0.05) is 27.8 Å². The number of carbonyl (C=O) groups excluding carboxylic acids is 1. The maximum Gasteiger partial charge on any atom is 0.323 e. The summed E-state index contributed by atoms with van der Waals surface area (Å²) in [4.78, 5) is 15.2. The number of ether oxygens (including phenoxy) is 1. The zero-order valence-corrected chi connectivity index (χ0v) is 21.3. The molecule has 1 heterocycles. The first-order valence-corrected chi connectivity index (χ1v) is 13.2. The van der Waals surface area contributed by atoms with Gasteiger partial charge in [-0.05, 0) is 75.1 Å². The molecule has 4 nitrogen and oxygen atoms in total. The summed E-state index contributed by atoms with van der Waals surface area (Å²) in [6.45, 7) is 2.52. The highest BCUT2D eigenvalue weighted by Crippen LogP contribution is 2.28. The summed E-state index contributed by atoms with van der Waals surface area (Å²) >= 11 is 7.68. The molecule has 1 aliphatic carbocycles. The van der Waals surface area contributed by atoms with E-state index >= 15 is 0 Å². The van der Waals surface area contributed by atoms with Crippen LogP contribution in [0.15, 0.2) is 87.3 Å². The third kappa shape index (κ3) is 9.57. The molecule has 3 rings (SSSR count). The lowest BCUT2D eigenvalue weighted by atomic mass is 10.1. The van der Waals surface area contributed by atoms with Crippen LogP contribution in [0.4, 0.5) is 0 Å². The van der Waals surface area contributed by atoms with E-state index in [0.717, 1.165) is 41.2 Å². The van der Waals surface area contributed by atoms with E-state index in [1.165, 1.54) is 12.8 Å². The van der Waals surface area contributed by atoms with E-state index in [9.17, 15) is 4.79 Å². The quantitative estimate of drug-likeness (QED) is 0.150. The maximum atomic E-state index is 13.1. The average Bonchev–Trinajstić information content (AvgIpc) is 3.22. The minimum atomic E-state index is -0.466. The molecule has 1 aromatic carbocycles. The second-order valence-electron chi connectivity index (χ2n) is 8.34. The van der Waals surface area contributed by atoms with Crippen molar-refractivity contribution in [3.63, 3.8) is 0 Å². The minimum Gasteiger partial charge on any atom is -0.469 e. The van der Waals surface area contributed by atoms with Gasteiger partial charge < -0.3 is 14.5 Å². The standard InChI is InChI=1S/C28H34ClNO3S/c1-2-3-6-13-25(34-26-16-14-22(29)15-17-26)18-19-30-27(21-24-12-9-20-32-24)28(31)33-23-10-7-4-5-8-11-23/h2-3,6,9,12-18,20,23,27,30H,4-5,7-8,10-11,19,21H2,1H3/b3-2-,13-6-,25-18-. The Labute approximate surface area is 212 Å². The summed E-state index contributed by atoms with van der Waals surface area (Å²) in [6.07, 6.45) is 18.9. The number of rotatable bonds is 11. The molecule has 0 saturated heterocycles. The van der Waals surface area contributed by atoms with Crippen LogP contribution in [-0.4, -0.2) is 24.7 Å². The normalized spacial score (nSPS) is 16.7. The monoisotopic (exact) mass is 499 g/mol. The Balaban J connectivity index is 1.66. The Hall–Kier alpha value is -2.21. The van der Waals surface area contributed by atoms with E-state index in [1.54, 1.807) is 18.0 Å². The molecule has 34 heavy (non-hydrogen) atoms. The first kappa shape index (κ1) is 26.4. The molecule has 1 aliphatic rings. The van der Waals surface area contributed by atoms with Gasteiger partial charge in [0.1, 0.15) is 17.9 Å². The van der Waals surface area contributed by atoms with Crippen LogP contribution in [0.1, 0.15) is 51.2 Å². The van der Waals surface area contributed by atoms with Crippen molar-refractivity contribution in [1.29, 1.82) is 0 Å². The molecule has 0 radical (unpaired) electrons. The molecular formula is C28H34ClNO3S. The van der Waals surface area contributed by atoms with Gasteiger partial charge in [-0.25, -0.2) is 0 Å². The van der Waals surface area contributed by atoms with Crippen molar-refractivity contribution in [2.45, 2.75) is 68.9 Å². The highest BCUT2D eigenvalue weighted by Gasteiger charge is 2.25. The largest absolute Gasteiger partial charge is 0.469 e. The smallest absolute Gasteiger partial charge is 0.323 e. The Morgan fingerprint density at radius 1 is 1.18 bits per heavy atom. The van der Waals surface area contributed by atoms with Crippen molar-refractivity contribution < 1.29 is 13.9 Å². The molecule has 1 fully saturated rings. The maximum absolute atomic E-state index is 13.1. The summed E-state index contributed by atoms with van der Waals surface area (Å²) in [5.41, 5.74) is 0. The fourth-order valence-corrected chi connectivity index (χ4v) is 4.80. The van der Waals surface area contributed by atoms with Crippen molar-refractivity contribution in [2.75, 3.05) is 6.54 Å².